The quantitative estimate of drug-likeness (QED) is 0.769. The third kappa shape index (κ3) is 2.64. The maximum atomic E-state index is 12.7. The zero-order valence-corrected chi connectivity index (χ0v) is 11.7. The molecule has 6 heteroatoms. The summed E-state index contributed by atoms with van der Waals surface area (Å²) in [4.78, 5) is 12.7. The number of hydrogen-bond acceptors (Lipinski definition) is 5. The van der Waals surface area contributed by atoms with Gasteiger partial charge in [-0.15, -0.1) is 0 Å². The van der Waals surface area contributed by atoms with E-state index in [1.54, 1.807) is 18.0 Å². The van der Waals surface area contributed by atoms with Gasteiger partial charge in [-0.1, -0.05) is 6.92 Å². The molecule has 0 saturated carbocycles. The Morgan fingerprint density at radius 1 is 1.58 bits per heavy atom. The summed E-state index contributed by atoms with van der Waals surface area (Å²) in [5.74, 6) is 0.407. The van der Waals surface area contributed by atoms with E-state index in [0.29, 0.717) is 31.2 Å². The van der Waals surface area contributed by atoms with Gasteiger partial charge in [0.05, 0.1) is 32.4 Å². The van der Waals surface area contributed by atoms with Crippen molar-refractivity contribution in [2.24, 2.45) is 5.92 Å². The minimum absolute atomic E-state index is 0.0413. The van der Waals surface area contributed by atoms with Crippen LogP contribution < -0.4 is 10.1 Å². The molecule has 1 fully saturated rings. The van der Waals surface area contributed by atoms with E-state index in [4.69, 9.17) is 9.47 Å². The molecule has 1 saturated heterocycles. The third-order valence-electron chi connectivity index (χ3n) is 3.44. The Morgan fingerprint density at radius 3 is 3.00 bits per heavy atom. The summed E-state index contributed by atoms with van der Waals surface area (Å²) in [5, 5.41) is 7.47. The number of methoxy groups -OCH3 is 1. The number of rotatable bonds is 6. The van der Waals surface area contributed by atoms with E-state index in [1.165, 1.54) is 0 Å². The molecule has 1 aliphatic rings. The number of ketones is 1. The normalized spacial score (nSPS) is 22.7. The predicted octanol–water partition coefficient (Wildman–Crippen LogP) is 0.719. The Kier molecular flexibility index (Phi) is 4.55. The van der Waals surface area contributed by atoms with Crippen LogP contribution in [0.3, 0.4) is 0 Å². The van der Waals surface area contributed by atoms with Crippen LogP contribution >= 0.6 is 0 Å². The number of aryl methyl sites for hydroxylation is 1. The molecule has 0 bridgehead atoms. The number of nitrogens with zero attached hydrogens (tertiary/aromatic N) is 2. The number of nitrogens with one attached hydrogen (secondary N) is 1. The molecule has 0 aromatic carbocycles. The number of carbonyl (C=O) groups excluding carboxylic acids is 1. The van der Waals surface area contributed by atoms with Gasteiger partial charge in [0.15, 0.2) is 11.5 Å². The lowest BCUT2D eigenvalue weighted by molar-refractivity contribution is 0.0877. The molecule has 1 N–H and O–H groups in total. The van der Waals surface area contributed by atoms with Gasteiger partial charge in [-0.25, -0.2) is 0 Å². The van der Waals surface area contributed by atoms with Crippen LogP contribution in [0.4, 0.5) is 0 Å². The molecule has 0 radical (unpaired) electrons. The Balaban J connectivity index is 2.25. The smallest absolute Gasteiger partial charge is 0.191 e. The Morgan fingerprint density at radius 2 is 2.37 bits per heavy atom. The molecule has 0 spiro atoms. The average molecular weight is 267 g/mol. The molecule has 1 aliphatic heterocycles. The monoisotopic (exact) mass is 267 g/mol. The van der Waals surface area contributed by atoms with Crippen LogP contribution in [0.15, 0.2) is 6.20 Å². The molecule has 1 aromatic rings. The third-order valence-corrected chi connectivity index (χ3v) is 3.44. The molecule has 2 unspecified atom stereocenters. The second-order valence-electron chi connectivity index (χ2n) is 4.55. The minimum Gasteiger partial charge on any atom is -0.493 e. The topological polar surface area (TPSA) is 65.4 Å². The Labute approximate surface area is 113 Å². The van der Waals surface area contributed by atoms with E-state index in [-0.39, 0.29) is 17.7 Å². The highest BCUT2D eigenvalue weighted by Crippen LogP contribution is 2.25. The van der Waals surface area contributed by atoms with Gasteiger partial charge >= 0.3 is 0 Å². The van der Waals surface area contributed by atoms with Crippen molar-refractivity contribution in [3.05, 3.63) is 11.9 Å². The highest BCUT2D eigenvalue weighted by atomic mass is 16.5. The van der Waals surface area contributed by atoms with Gasteiger partial charge < -0.3 is 14.8 Å². The summed E-state index contributed by atoms with van der Waals surface area (Å²) in [7, 11) is 1.56. The fourth-order valence-corrected chi connectivity index (χ4v) is 2.46. The van der Waals surface area contributed by atoms with Crippen LogP contribution in [-0.2, 0) is 11.3 Å². The van der Waals surface area contributed by atoms with E-state index in [2.05, 4.69) is 10.4 Å². The maximum absolute atomic E-state index is 12.7. The molecule has 0 amide bonds. The molecule has 6 nitrogen and oxygen atoms in total. The number of ether oxygens (including phenoxy) is 2. The SMILES string of the molecule is CCNC1COCC1C(=O)c1c(OC)cnn1CC. The lowest BCUT2D eigenvalue weighted by Gasteiger charge is -2.18. The zero-order valence-electron chi connectivity index (χ0n) is 11.7. The number of likely N-dealkylation sites (N-methyl/N-ethyl adjacent to an activating group) is 1. The van der Waals surface area contributed by atoms with Crippen molar-refractivity contribution < 1.29 is 14.3 Å². The lowest BCUT2D eigenvalue weighted by Crippen LogP contribution is -2.39. The lowest BCUT2D eigenvalue weighted by atomic mass is 9.96. The summed E-state index contributed by atoms with van der Waals surface area (Å²) < 4.78 is 12.4. The van der Waals surface area contributed by atoms with Crippen molar-refractivity contribution in [2.45, 2.75) is 26.4 Å². The first-order valence-corrected chi connectivity index (χ1v) is 6.68. The van der Waals surface area contributed by atoms with Crippen LogP contribution in [0.1, 0.15) is 24.3 Å². The Bertz CT molecular complexity index is 423. The van der Waals surface area contributed by atoms with Gasteiger partial charge in [0.2, 0.25) is 0 Å². The first kappa shape index (κ1) is 14.0. The van der Waals surface area contributed by atoms with Crippen molar-refractivity contribution in [2.75, 3.05) is 26.9 Å². The molecule has 0 aliphatic carbocycles. The zero-order chi connectivity index (χ0) is 13.8. The van der Waals surface area contributed by atoms with Crippen LogP contribution in [0.2, 0.25) is 0 Å². The molecule has 106 valence electrons. The Hall–Kier alpha value is -1.40. The van der Waals surface area contributed by atoms with Crippen molar-refractivity contribution in [1.29, 1.82) is 0 Å². The second kappa shape index (κ2) is 6.16. The number of aromatic nitrogens is 2. The van der Waals surface area contributed by atoms with Crippen LogP contribution in [0, 0.1) is 5.92 Å². The van der Waals surface area contributed by atoms with Crippen molar-refractivity contribution in [3.8, 4) is 5.75 Å². The van der Waals surface area contributed by atoms with E-state index in [0.717, 1.165) is 6.54 Å². The van der Waals surface area contributed by atoms with E-state index < -0.39 is 0 Å². The van der Waals surface area contributed by atoms with Crippen molar-refractivity contribution in [3.63, 3.8) is 0 Å². The van der Waals surface area contributed by atoms with Gasteiger partial charge in [-0.2, -0.15) is 5.10 Å². The summed E-state index contributed by atoms with van der Waals surface area (Å²) >= 11 is 0. The second-order valence-corrected chi connectivity index (χ2v) is 4.55. The van der Waals surface area contributed by atoms with Crippen molar-refractivity contribution >= 4 is 5.78 Å². The highest BCUT2D eigenvalue weighted by molar-refractivity contribution is 5.99. The van der Waals surface area contributed by atoms with Gasteiger partial charge in [-0.05, 0) is 13.5 Å². The molecule has 2 atom stereocenters. The van der Waals surface area contributed by atoms with Gasteiger partial charge in [0.25, 0.3) is 0 Å². The van der Waals surface area contributed by atoms with E-state index in [9.17, 15) is 4.79 Å². The minimum atomic E-state index is -0.171. The summed E-state index contributed by atoms with van der Waals surface area (Å²) in [6.45, 7) is 6.47. The predicted molar refractivity (Wildman–Crippen MR) is 70.6 cm³/mol. The number of carbonyl (C=O) groups is 1. The van der Waals surface area contributed by atoms with Gasteiger partial charge in [0.1, 0.15) is 5.69 Å². The fraction of sp³-hybridized carbons (Fsp3) is 0.692. The maximum Gasteiger partial charge on any atom is 0.191 e. The van der Waals surface area contributed by atoms with Crippen LogP contribution in [0.5, 0.6) is 5.75 Å². The summed E-state index contributed by atoms with van der Waals surface area (Å²) in [6, 6.07) is 0.0717. The average Bonchev–Trinajstić information content (AvgIpc) is 3.03. The fourth-order valence-electron chi connectivity index (χ4n) is 2.46. The molecule has 2 heterocycles. The summed E-state index contributed by atoms with van der Waals surface area (Å²) in [6.07, 6.45) is 1.59. The summed E-state index contributed by atoms with van der Waals surface area (Å²) in [5.41, 5.74) is 0.545. The van der Waals surface area contributed by atoms with Crippen LogP contribution in [-0.4, -0.2) is 48.5 Å². The van der Waals surface area contributed by atoms with Gasteiger partial charge in [-0.3, -0.25) is 9.48 Å². The molecule has 2 rings (SSSR count). The molecule has 19 heavy (non-hydrogen) atoms. The highest BCUT2D eigenvalue weighted by Gasteiger charge is 2.36. The number of hydrogen-bond donors (Lipinski definition) is 1. The first-order chi connectivity index (χ1) is 9.22. The molecule has 1 aromatic heterocycles. The van der Waals surface area contributed by atoms with Gasteiger partial charge in [0, 0.05) is 12.6 Å². The molecular weight excluding hydrogens is 246 g/mol. The number of Topliss-reactive ketones (excluding diaryl/α,β-unsaturated/α-hetero) is 1. The largest absolute Gasteiger partial charge is 0.493 e. The van der Waals surface area contributed by atoms with E-state index >= 15 is 0 Å². The van der Waals surface area contributed by atoms with E-state index in [1.807, 2.05) is 13.8 Å². The van der Waals surface area contributed by atoms with Crippen LogP contribution in [0.25, 0.3) is 0 Å². The first-order valence-electron chi connectivity index (χ1n) is 6.68. The standard InChI is InChI=1S/C13H21N3O3/c1-4-14-10-8-19-7-9(10)13(17)12-11(18-3)6-15-16(12)5-2/h6,9-10,14H,4-5,7-8H2,1-3H3. The van der Waals surface area contributed by atoms with Crippen molar-refractivity contribution in [1.82, 2.24) is 15.1 Å². The molecular formula is C13H21N3O3.